The Balaban J connectivity index is 1.03. The molecule has 9 aromatic rings. The molecule has 0 aliphatic rings. The van der Waals surface area contributed by atoms with Crippen LogP contribution in [0.2, 0.25) is 0 Å². The van der Waals surface area contributed by atoms with E-state index in [9.17, 15) is 0 Å². The predicted molar refractivity (Wildman–Crippen MR) is 240 cm³/mol. The maximum absolute atomic E-state index is 6.05. The van der Waals surface area contributed by atoms with Gasteiger partial charge in [-0.3, -0.25) is 0 Å². The summed E-state index contributed by atoms with van der Waals surface area (Å²) in [5, 5.41) is 0. The van der Waals surface area contributed by atoms with Crippen LogP contribution in [0, 0.1) is 6.92 Å². The van der Waals surface area contributed by atoms with Crippen molar-refractivity contribution in [1.82, 2.24) is 4.98 Å². The molecule has 1 heterocycles. The Bertz CT molecular complexity index is 2820. The first kappa shape index (κ1) is 35.2. The minimum Gasteiger partial charge on any atom is -0.436 e. The second-order valence-electron chi connectivity index (χ2n) is 14.1. The molecule has 3 nitrogen and oxygen atoms in total. The van der Waals surface area contributed by atoms with Crippen molar-refractivity contribution in [3.63, 3.8) is 0 Å². The van der Waals surface area contributed by atoms with Crippen molar-refractivity contribution in [2.24, 2.45) is 0 Å². The smallest absolute Gasteiger partial charge is 0.227 e. The van der Waals surface area contributed by atoms with E-state index in [0.29, 0.717) is 5.89 Å². The third-order valence-electron chi connectivity index (χ3n) is 10.5. The molecule has 0 atom stereocenters. The summed E-state index contributed by atoms with van der Waals surface area (Å²) in [6, 6.07) is 68.6. The molecule has 0 unspecified atom stereocenters. The van der Waals surface area contributed by atoms with E-state index in [0.717, 1.165) is 44.9 Å². The molecule has 0 aliphatic carbocycles. The van der Waals surface area contributed by atoms with E-state index in [-0.39, 0.29) is 0 Å². The number of hydrogen-bond donors (Lipinski definition) is 0. The normalized spacial score (nSPS) is 11.2. The van der Waals surface area contributed by atoms with Crippen LogP contribution in [0.25, 0.3) is 73.1 Å². The number of fused-ring (bicyclic) bond motifs is 1. The summed E-state index contributed by atoms with van der Waals surface area (Å²) in [7, 11) is 0. The lowest BCUT2D eigenvalue weighted by Crippen LogP contribution is -2.09. The Kier molecular flexibility index (Phi) is 9.70. The van der Waals surface area contributed by atoms with Crippen LogP contribution in [0.15, 0.2) is 217 Å². The molecule has 272 valence electrons. The Labute approximate surface area is 334 Å². The molecule has 0 aliphatic heterocycles. The fourth-order valence-corrected chi connectivity index (χ4v) is 7.52. The molecule has 0 radical (unpaired) electrons. The average molecular weight is 733 g/mol. The topological polar surface area (TPSA) is 29.3 Å². The highest BCUT2D eigenvalue weighted by Gasteiger charge is 2.16. The highest BCUT2D eigenvalue weighted by Crippen LogP contribution is 2.41. The van der Waals surface area contributed by atoms with Gasteiger partial charge in [-0.05, 0) is 129 Å². The number of aryl methyl sites for hydroxylation is 1. The summed E-state index contributed by atoms with van der Waals surface area (Å²) < 4.78 is 6.05. The van der Waals surface area contributed by atoms with E-state index in [1.54, 1.807) is 0 Å². The molecular formula is C54H40N2O. The molecule has 3 heteroatoms. The number of aromatic nitrogens is 1. The van der Waals surface area contributed by atoms with Crippen LogP contribution in [0.5, 0.6) is 0 Å². The van der Waals surface area contributed by atoms with Gasteiger partial charge in [0, 0.05) is 22.6 Å². The second-order valence-corrected chi connectivity index (χ2v) is 14.1. The van der Waals surface area contributed by atoms with Crippen molar-refractivity contribution >= 4 is 34.2 Å². The lowest BCUT2D eigenvalue weighted by atomic mass is 9.89. The summed E-state index contributed by atoms with van der Waals surface area (Å²) in [5.41, 5.74) is 17.6. The van der Waals surface area contributed by atoms with Crippen molar-refractivity contribution in [2.45, 2.75) is 6.92 Å². The fraction of sp³-hybridized carbons (Fsp3) is 0.0185. The summed E-state index contributed by atoms with van der Waals surface area (Å²) >= 11 is 0. The lowest BCUT2D eigenvalue weighted by Gasteiger charge is -2.26. The molecule has 1 aromatic heterocycles. The highest BCUT2D eigenvalue weighted by atomic mass is 16.3. The molecule has 0 saturated carbocycles. The third kappa shape index (κ3) is 7.23. The van der Waals surface area contributed by atoms with Crippen LogP contribution in [0.1, 0.15) is 11.1 Å². The highest BCUT2D eigenvalue weighted by molar-refractivity contribution is 5.92. The molecular weight excluding hydrogens is 693 g/mol. The molecule has 0 fully saturated rings. The maximum atomic E-state index is 6.05. The largest absolute Gasteiger partial charge is 0.436 e. The lowest BCUT2D eigenvalue weighted by molar-refractivity contribution is 0.620. The van der Waals surface area contributed by atoms with Crippen LogP contribution in [0.3, 0.4) is 0 Å². The van der Waals surface area contributed by atoms with E-state index in [4.69, 9.17) is 9.40 Å². The van der Waals surface area contributed by atoms with Crippen molar-refractivity contribution in [3.05, 3.63) is 224 Å². The van der Waals surface area contributed by atoms with Gasteiger partial charge in [-0.25, -0.2) is 4.98 Å². The van der Waals surface area contributed by atoms with E-state index in [2.05, 4.69) is 194 Å². The van der Waals surface area contributed by atoms with Gasteiger partial charge in [0.1, 0.15) is 5.52 Å². The monoisotopic (exact) mass is 732 g/mol. The standard InChI is InChI=1S/C54H40N2O/c1-3-4-14-43-37-44(24-23-38(43)2)39-29-33-46(34-30-39)56(45-15-6-5-7-16-45)47-35-31-41(32-36-47)49-18-9-11-20-51(49)50-19-10-8-17-48(50)40-25-27-42(28-26-40)54-55-52-21-12-13-22-53(52)57-54/h3-37H,1H2,2H3/b14-4-. The number of anilines is 3. The zero-order chi connectivity index (χ0) is 38.6. The van der Waals surface area contributed by atoms with Gasteiger partial charge in [0.2, 0.25) is 5.89 Å². The fourth-order valence-electron chi connectivity index (χ4n) is 7.52. The van der Waals surface area contributed by atoms with E-state index < -0.39 is 0 Å². The molecule has 8 aromatic carbocycles. The molecule has 0 amide bonds. The van der Waals surface area contributed by atoms with E-state index in [1.165, 1.54) is 44.5 Å². The number of benzene rings is 8. The minimum atomic E-state index is 0.626. The van der Waals surface area contributed by atoms with Crippen LogP contribution < -0.4 is 4.90 Å². The number of nitrogens with zero attached hydrogens (tertiary/aromatic N) is 2. The number of rotatable bonds is 10. The van der Waals surface area contributed by atoms with Gasteiger partial charge >= 0.3 is 0 Å². The maximum Gasteiger partial charge on any atom is 0.227 e. The van der Waals surface area contributed by atoms with Gasteiger partial charge < -0.3 is 9.32 Å². The van der Waals surface area contributed by atoms with Crippen molar-refractivity contribution in [1.29, 1.82) is 0 Å². The Morgan fingerprint density at radius 3 is 1.58 bits per heavy atom. The first-order chi connectivity index (χ1) is 28.1. The Morgan fingerprint density at radius 1 is 0.474 bits per heavy atom. The average Bonchev–Trinajstić information content (AvgIpc) is 3.72. The molecule has 0 bridgehead atoms. The summed E-state index contributed by atoms with van der Waals surface area (Å²) in [6.45, 7) is 5.97. The minimum absolute atomic E-state index is 0.626. The van der Waals surface area contributed by atoms with Crippen LogP contribution in [-0.2, 0) is 0 Å². The molecule has 0 saturated heterocycles. The Morgan fingerprint density at radius 2 is 0.965 bits per heavy atom. The molecule has 0 N–H and O–H groups in total. The van der Waals surface area contributed by atoms with Gasteiger partial charge in [0.15, 0.2) is 5.58 Å². The first-order valence-electron chi connectivity index (χ1n) is 19.2. The summed E-state index contributed by atoms with van der Waals surface area (Å²) in [6.07, 6.45) is 5.91. The van der Waals surface area contributed by atoms with Crippen LogP contribution in [0.4, 0.5) is 17.1 Å². The van der Waals surface area contributed by atoms with Crippen molar-refractivity contribution < 1.29 is 4.42 Å². The Hall–Kier alpha value is -7.49. The van der Waals surface area contributed by atoms with Gasteiger partial charge in [0.25, 0.3) is 0 Å². The van der Waals surface area contributed by atoms with Gasteiger partial charge in [-0.2, -0.15) is 0 Å². The zero-order valence-corrected chi connectivity index (χ0v) is 31.7. The predicted octanol–water partition coefficient (Wildman–Crippen LogP) is 15.1. The number of allylic oxidation sites excluding steroid dienone is 2. The number of hydrogen-bond acceptors (Lipinski definition) is 3. The molecule has 0 spiro atoms. The number of para-hydroxylation sites is 3. The van der Waals surface area contributed by atoms with Gasteiger partial charge in [0.05, 0.1) is 0 Å². The quantitative estimate of drug-likeness (QED) is 0.131. The first-order valence-corrected chi connectivity index (χ1v) is 19.2. The third-order valence-corrected chi connectivity index (χ3v) is 10.5. The second kappa shape index (κ2) is 15.7. The van der Waals surface area contributed by atoms with Crippen molar-refractivity contribution in [3.8, 4) is 56.0 Å². The zero-order valence-electron chi connectivity index (χ0n) is 31.7. The van der Waals surface area contributed by atoms with Crippen LogP contribution >= 0.6 is 0 Å². The van der Waals surface area contributed by atoms with Crippen LogP contribution in [-0.4, -0.2) is 4.98 Å². The SMILES string of the molecule is C=C/C=C\c1cc(-c2ccc(N(c3ccccc3)c3ccc(-c4ccccc4-c4ccccc4-c4ccc(-c5nc6ccccc6o5)cc4)cc3)cc2)ccc1C. The number of oxazole rings is 1. The summed E-state index contributed by atoms with van der Waals surface area (Å²) in [4.78, 5) is 7.01. The summed E-state index contributed by atoms with van der Waals surface area (Å²) in [5.74, 6) is 0.626. The van der Waals surface area contributed by atoms with Gasteiger partial charge in [-0.1, -0.05) is 152 Å². The van der Waals surface area contributed by atoms with E-state index >= 15 is 0 Å². The van der Waals surface area contributed by atoms with Crippen molar-refractivity contribution in [2.75, 3.05) is 4.90 Å². The molecule has 9 rings (SSSR count). The van der Waals surface area contributed by atoms with Gasteiger partial charge in [-0.15, -0.1) is 0 Å². The van der Waals surface area contributed by atoms with E-state index in [1.807, 2.05) is 36.4 Å². The molecule has 57 heavy (non-hydrogen) atoms.